The average Bonchev–Trinajstić information content (AvgIpc) is 3.47. The van der Waals surface area contributed by atoms with E-state index in [1.165, 1.54) is 26.0 Å². The molecule has 0 aliphatic heterocycles. The number of furan rings is 1. The highest BCUT2D eigenvalue weighted by molar-refractivity contribution is 7.67. The molecule has 3 atom stereocenters. The first-order valence-electron chi connectivity index (χ1n) is 11.5. The summed E-state index contributed by atoms with van der Waals surface area (Å²) in [5.41, 5.74) is 6.04. The first-order valence-corrected chi connectivity index (χ1v) is 14.5. The molecule has 0 amide bonds. The molecule has 0 bridgehead atoms. The van der Waals surface area contributed by atoms with Crippen LogP contribution in [0.1, 0.15) is 57.1 Å². The summed E-state index contributed by atoms with van der Waals surface area (Å²) < 4.78 is 29.7. The van der Waals surface area contributed by atoms with Gasteiger partial charge in [0, 0.05) is 5.92 Å². The lowest BCUT2D eigenvalue weighted by Gasteiger charge is -2.24. The highest BCUT2D eigenvalue weighted by atomic mass is 35.5. The minimum Gasteiger partial charge on any atom is -0.465 e. The van der Waals surface area contributed by atoms with E-state index in [2.05, 4.69) is 15.2 Å². The molecule has 0 saturated carbocycles. The fraction of sp³-hybridized carbons (Fsp3) is 0.545. The number of anilines is 1. The minimum atomic E-state index is -3.95. The normalized spacial score (nSPS) is 14.8. The van der Waals surface area contributed by atoms with Gasteiger partial charge in [0.1, 0.15) is 22.7 Å². The molecule has 200 valence electrons. The lowest BCUT2D eigenvalue weighted by atomic mass is 9.96. The van der Waals surface area contributed by atoms with E-state index in [4.69, 9.17) is 31.2 Å². The van der Waals surface area contributed by atoms with E-state index in [-0.39, 0.29) is 46.5 Å². The number of ketones is 1. The summed E-state index contributed by atoms with van der Waals surface area (Å²) in [7, 11) is -3.95. The molecule has 2 aromatic heterocycles. The molecule has 2 aromatic rings. The molecule has 0 aliphatic rings. The van der Waals surface area contributed by atoms with Gasteiger partial charge < -0.3 is 19.6 Å². The summed E-state index contributed by atoms with van der Waals surface area (Å²) in [6.45, 7) is 8.52. The predicted octanol–water partition coefficient (Wildman–Crippen LogP) is 3.68. The van der Waals surface area contributed by atoms with Crippen molar-refractivity contribution in [3.8, 4) is 11.5 Å². The Bertz CT molecular complexity index is 1090. The third-order valence-electron chi connectivity index (χ3n) is 5.30. The molecular weight excluding hydrogens is 531 g/mol. The van der Waals surface area contributed by atoms with Crippen molar-refractivity contribution in [3.63, 3.8) is 0 Å². The first kappa shape index (κ1) is 30.0. The van der Waals surface area contributed by atoms with Gasteiger partial charge in [-0.2, -0.15) is 0 Å². The maximum Gasteiger partial charge on any atom is 0.324 e. The SMILES string of the molecule is CCOC(=O)[C@H](C)NP(=O)(N[C@@H](C)C(=O)OCCl)c1ccc(-c2nc(N)sc2C(=O)C(CC)CC)o1. The third-order valence-corrected chi connectivity index (χ3v) is 8.67. The van der Waals surface area contributed by atoms with Crippen LogP contribution in [0.3, 0.4) is 0 Å². The Labute approximate surface area is 218 Å². The van der Waals surface area contributed by atoms with Crippen molar-refractivity contribution in [3.05, 3.63) is 17.0 Å². The molecule has 14 heteroatoms. The summed E-state index contributed by atoms with van der Waals surface area (Å²) in [6, 6.07) is 0.432. The predicted molar refractivity (Wildman–Crippen MR) is 139 cm³/mol. The fourth-order valence-corrected chi connectivity index (χ4v) is 6.51. The lowest BCUT2D eigenvalue weighted by Crippen LogP contribution is -2.44. The van der Waals surface area contributed by atoms with Crippen LogP contribution < -0.4 is 21.4 Å². The summed E-state index contributed by atoms with van der Waals surface area (Å²) in [5, 5.41) is 5.54. The smallest absolute Gasteiger partial charge is 0.324 e. The summed E-state index contributed by atoms with van der Waals surface area (Å²) in [4.78, 5) is 42.0. The van der Waals surface area contributed by atoms with Gasteiger partial charge >= 0.3 is 11.9 Å². The van der Waals surface area contributed by atoms with Gasteiger partial charge in [-0.15, -0.1) is 0 Å². The molecule has 0 aliphatic carbocycles. The van der Waals surface area contributed by atoms with Crippen molar-refractivity contribution in [2.24, 2.45) is 5.92 Å². The van der Waals surface area contributed by atoms with E-state index >= 15 is 0 Å². The molecule has 2 rings (SSSR count). The first-order chi connectivity index (χ1) is 17.0. The number of nitrogen functional groups attached to an aromatic ring is 1. The topological polar surface area (TPSA) is 163 Å². The van der Waals surface area contributed by atoms with Gasteiger partial charge in [0.2, 0.25) is 0 Å². The highest BCUT2D eigenvalue weighted by Crippen LogP contribution is 2.40. The number of carbonyl (C=O) groups is 3. The summed E-state index contributed by atoms with van der Waals surface area (Å²) in [5.74, 6) is -1.54. The maximum atomic E-state index is 14.0. The van der Waals surface area contributed by atoms with Gasteiger partial charge in [-0.3, -0.25) is 18.9 Å². The number of ether oxygens (including phenoxy) is 2. The molecule has 0 aromatic carbocycles. The van der Waals surface area contributed by atoms with Crippen molar-refractivity contribution in [2.75, 3.05) is 18.4 Å². The van der Waals surface area contributed by atoms with Crippen LogP contribution in [-0.2, 0) is 23.6 Å². The number of hydrogen-bond donors (Lipinski definition) is 3. The van der Waals surface area contributed by atoms with Crippen molar-refractivity contribution >= 4 is 58.7 Å². The number of nitrogens with zero attached hydrogens (tertiary/aromatic N) is 1. The largest absolute Gasteiger partial charge is 0.465 e. The van der Waals surface area contributed by atoms with Gasteiger partial charge in [-0.05, 0) is 45.7 Å². The van der Waals surface area contributed by atoms with E-state index in [1.54, 1.807) is 6.92 Å². The van der Waals surface area contributed by atoms with Gasteiger partial charge in [0.15, 0.2) is 28.2 Å². The highest BCUT2D eigenvalue weighted by Gasteiger charge is 2.37. The zero-order valence-corrected chi connectivity index (χ0v) is 23.3. The molecule has 0 radical (unpaired) electrons. The number of Topliss-reactive ketones (excluding diaryl/α,β-unsaturated/α-hetero) is 1. The molecular formula is C22H32ClN4O7PS. The second-order valence-electron chi connectivity index (χ2n) is 7.88. The van der Waals surface area contributed by atoms with Crippen molar-refractivity contribution in [1.82, 2.24) is 15.2 Å². The van der Waals surface area contributed by atoms with Crippen LogP contribution in [0, 0.1) is 5.92 Å². The summed E-state index contributed by atoms with van der Waals surface area (Å²) >= 11 is 6.52. The Morgan fingerprint density at radius 2 is 1.69 bits per heavy atom. The fourth-order valence-electron chi connectivity index (χ4n) is 3.40. The summed E-state index contributed by atoms with van der Waals surface area (Å²) in [6.07, 6.45) is 1.31. The maximum absolute atomic E-state index is 14.0. The van der Waals surface area contributed by atoms with E-state index in [9.17, 15) is 18.9 Å². The molecule has 1 unspecified atom stereocenters. The van der Waals surface area contributed by atoms with E-state index in [1.807, 2.05) is 13.8 Å². The second kappa shape index (κ2) is 13.3. The van der Waals surface area contributed by atoms with E-state index in [0.29, 0.717) is 17.7 Å². The zero-order chi connectivity index (χ0) is 27.0. The number of halogens is 1. The van der Waals surface area contributed by atoms with Crippen LogP contribution in [0.5, 0.6) is 0 Å². The number of esters is 2. The number of aromatic nitrogens is 1. The Kier molecular flexibility index (Phi) is 11.1. The van der Waals surface area contributed by atoms with Crippen molar-refractivity contribution in [2.45, 2.75) is 59.5 Å². The average molecular weight is 563 g/mol. The zero-order valence-electron chi connectivity index (χ0n) is 20.8. The molecule has 36 heavy (non-hydrogen) atoms. The van der Waals surface area contributed by atoms with Crippen molar-refractivity contribution < 1.29 is 32.8 Å². The number of alkyl halides is 1. The van der Waals surface area contributed by atoms with Gasteiger partial charge in [-0.25, -0.2) is 15.2 Å². The number of nitrogens with one attached hydrogen (secondary N) is 2. The lowest BCUT2D eigenvalue weighted by molar-refractivity contribution is -0.144. The second-order valence-corrected chi connectivity index (χ2v) is 11.3. The number of rotatable bonds is 14. The number of nitrogens with two attached hydrogens (primary N) is 1. The number of thiazole rings is 1. The third kappa shape index (κ3) is 7.17. The van der Waals surface area contributed by atoms with Crippen molar-refractivity contribution in [1.29, 1.82) is 0 Å². The van der Waals surface area contributed by atoms with Crippen LogP contribution >= 0.6 is 30.4 Å². The van der Waals surface area contributed by atoms with Crippen LogP contribution in [0.4, 0.5) is 5.13 Å². The molecule has 2 heterocycles. The van der Waals surface area contributed by atoms with Gasteiger partial charge in [0.05, 0.1) is 6.61 Å². The van der Waals surface area contributed by atoms with E-state index in [0.717, 1.165) is 11.3 Å². The standard InChI is InChI=1S/C22H32ClN4O7PS/c1-6-14(7-2)18(28)19-17(25-22(24)36-19)15-9-10-16(34-15)35(31,26-12(4)20(29)32-8-3)27-13(5)21(30)33-11-23/h9-10,12-14H,6-8,11H2,1-5H3,(H2,24,25)(H2,26,27,31)/t12-,13-,35?/m0/s1. The number of hydrogen-bond acceptors (Lipinski definition) is 10. The van der Waals surface area contributed by atoms with Gasteiger partial charge in [0.25, 0.3) is 7.44 Å². The molecule has 0 fully saturated rings. The molecule has 4 N–H and O–H groups in total. The Morgan fingerprint density at radius 1 is 1.11 bits per heavy atom. The number of carbonyl (C=O) groups excluding carboxylic acids is 3. The van der Waals surface area contributed by atoms with Crippen LogP contribution in [-0.4, -0.2) is 47.5 Å². The monoisotopic (exact) mass is 562 g/mol. The van der Waals surface area contributed by atoms with E-state index < -0.39 is 31.5 Å². The molecule has 0 saturated heterocycles. The molecule has 11 nitrogen and oxygen atoms in total. The Balaban J connectivity index is 2.48. The van der Waals surface area contributed by atoms with Crippen LogP contribution in [0.15, 0.2) is 16.5 Å². The minimum absolute atomic E-state index is 0.102. The van der Waals surface area contributed by atoms with Crippen LogP contribution in [0.2, 0.25) is 0 Å². The Hall–Kier alpha value is -2.24. The van der Waals surface area contributed by atoms with Gasteiger partial charge in [-0.1, -0.05) is 36.8 Å². The molecule has 0 spiro atoms. The van der Waals surface area contributed by atoms with Crippen LogP contribution in [0.25, 0.3) is 11.5 Å². The quantitative estimate of drug-likeness (QED) is 0.133. The Morgan fingerprint density at radius 3 is 2.22 bits per heavy atom.